The van der Waals surface area contributed by atoms with Crippen molar-refractivity contribution in [3.63, 3.8) is 0 Å². The fourth-order valence-corrected chi connectivity index (χ4v) is 2.93. The lowest BCUT2D eigenvalue weighted by atomic mass is 10.0. The Morgan fingerprint density at radius 3 is 2.81 bits per heavy atom. The molecule has 86 valence electrons. The number of rotatable bonds is 2. The molecule has 1 aromatic rings. The number of thioether (sulfide) groups is 1. The van der Waals surface area contributed by atoms with Crippen LogP contribution < -0.4 is 0 Å². The molecule has 0 spiro atoms. The molecule has 5 heteroatoms. The Morgan fingerprint density at radius 1 is 1.50 bits per heavy atom. The van der Waals surface area contributed by atoms with Crippen molar-refractivity contribution in [2.24, 2.45) is 0 Å². The van der Waals surface area contributed by atoms with E-state index in [1.807, 2.05) is 11.8 Å². The van der Waals surface area contributed by atoms with Gasteiger partial charge in [-0.15, -0.1) is 0 Å². The lowest BCUT2D eigenvalue weighted by Gasteiger charge is -2.20. The third-order valence-corrected chi connectivity index (χ3v) is 3.83. The van der Waals surface area contributed by atoms with E-state index in [0.717, 1.165) is 24.3 Å². The maximum atomic E-state index is 11.0. The van der Waals surface area contributed by atoms with Crippen LogP contribution in [0.5, 0.6) is 0 Å². The lowest BCUT2D eigenvalue weighted by molar-refractivity contribution is 0.0689. The average Bonchev–Trinajstić information content (AvgIpc) is 2.30. The first-order valence-corrected chi connectivity index (χ1v) is 6.48. The third kappa shape index (κ3) is 2.35. The second-order valence-corrected chi connectivity index (χ2v) is 5.18. The van der Waals surface area contributed by atoms with Gasteiger partial charge in [0.1, 0.15) is 5.82 Å². The van der Waals surface area contributed by atoms with E-state index in [4.69, 9.17) is 5.11 Å². The van der Waals surface area contributed by atoms with Crippen molar-refractivity contribution in [1.82, 2.24) is 9.97 Å². The minimum atomic E-state index is -0.966. The summed E-state index contributed by atoms with van der Waals surface area (Å²) in [4.78, 5) is 19.4. The van der Waals surface area contributed by atoms with E-state index >= 15 is 0 Å². The molecule has 0 amide bonds. The van der Waals surface area contributed by atoms with Crippen LogP contribution >= 0.6 is 11.8 Å². The summed E-state index contributed by atoms with van der Waals surface area (Å²) in [6.45, 7) is 1.73. The van der Waals surface area contributed by atoms with E-state index in [1.165, 1.54) is 0 Å². The Kier molecular flexibility index (Phi) is 3.43. The molecule has 1 aromatic heterocycles. The maximum Gasteiger partial charge on any atom is 0.354 e. The van der Waals surface area contributed by atoms with Gasteiger partial charge >= 0.3 is 5.97 Å². The van der Waals surface area contributed by atoms with Crippen LogP contribution in [-0.4, -0.2) is 32.5 Å². The summed E-state index contributed by atoms with van der Waals surface area (Å²) in [7, 11) is 0. The molecular formula is C11H14N2O2S. The maximum absolute atomic E-state index is 11.0. The minimum absolute atomic E-state index is 0.142. The first-order valence-electron chi connectivity index (χ1n) is 5.33. The first kappa shape index (κ1) is 11.4. The number of aromatic nitrogens is 2. The Balaban J connectivity index is 2.27. The predicted octanol–water partition coefficient (Wildman–Crippen LogP) is 2.09. The summed E-state index contributed by atoms with van der Waals surface area (Å²) >= 11 is 1.94. The molecule has 2 rings (SSSR count). The number of carbonyl (C=O) groups is 1. The molecule has 1 aliphatic rings. The highest BCUT2D eigenvalue weighted by atomic mass is 32.2. The topological polar surface area (TPSA) is 63.1 Å². The molecule has 2 heterocycles. The number of aromatic carboxylic acids is 1. The van der Waals surface area contributed by atoms with Crippen LogP contribution in [0, 0.1) is 6.92 Å². The molecule has 0 atom stereocenters. The minimum Gasteiger partial charge on any atom is -0.477 e. The fourth-order valence-electron chi connectivity index (χ4n) is 1.82. The summed E-state index contributed by atoms with van der Waals surface area (Å²) in [6.07, 6.45) is 3.72. The second kappa shape index (κ2) is 4.82. The standard InChI is InChI=1S/C11H14N2O2S/c1-7-6-12-10(13-9(7)11(14)15)8-2-4-16-5-3-8/h6,8H,2-5H2,1H3,(H,14,15). The van der Waals surface area contributed by atoms with Gasteiger partial charge in [-0.25, -0.2) is 14.8 Å². The molecule has 0 saturated carbocycles. The van der Waals surface area contributed by atoms with Crippen LogP contribution in [0.25, 0.3) is 0 Å². The number of hydrogen-bond acceptors (Lipinski definition) is 4. The lowest BCUT2D eigenvalue weighted by Crippen LogP contribution is -2.14. The van der Waals surface area contributed by atoms with Crippen molar-refractivity contribution >= 4 is 17.7 Å². The van der Waals surface area contributed by atoms with Gasteiger partial charge in [0.15, 0.2) is 5.69 Å². The summed E-state index contributed by atoms with van der Waals surface area (Å²) in [5, 5.41) is 8.99. The van der Waals surface area contributed by atoms with Gasteiger partial charge in [-0.1, -0.05) is 0 Å². The largest absolute Gasteiger partial charge is 0.477 e. The zero-order chi connectivity index (χ0) is 11.5. The third-order valence-electron chi connectivity index (χ3n) is 2.78. The number of nitrogens with zero attached hydrogens (tertiary/aromatic N) is 2. The summed E-state index contributed by atoms with van der Waals surface area (Å²) in [6, 6.07) is 0. The highest BCUT2D eigenvalue weighted by Crippen LogP contribution is 2.29. The molecule has 1 aliphatic heterocycles. The zero-order valence-corrected chi connectivity index (χ0v) is 9.96. The van der Waals surface area contributed by atoms with E-state index in [2.05, 4.69) is 9.97 Å². The summed E-state index contributed by atoms with van der Waals surface area (Å²) in [5.74, 6) is 2.30. The number of hydrogen-bond donors (Lipinski definition) is 1. The van der Waals surface area contributed by atoms with Gasteiger partial charge in [0.2, 0.25) is 0 Å². The summed E-state index contributed by atoms with van der Waals surface area (Å²) < 4.78 is 0. The average molecular weight is 238 g/mol. The molecule has 0 aliphatic carbocycles. The van der Waals surface area contributed by atoms with Crippen molar-refractivity contribution in [3.05, 3.63) is 23.3 Å². The van der Waals surface area contributed by atoms with Gasteiger partial charge < -0.3 is 5.11 Å². The predicted molar refractivity (Wildman–Crippen MR) is 63.0 cm³/mol. The van der Waals surface area contributed by atoms with Gasteiger partial charge in [0, 0.05) is 17.7 Å². The van der Waals surface area contributed by atoms with Gasteiger partial charge in [-0.2, -0.15) is 11.8 Å². The molecule has 1 saturated heterocycles. The molecule has 0 radical (unpaired) electrons. The van der Waals surface area contributed by atoms with Crippen molar-refractivity contribution in [2.45, 2.75) is 25.7 Å². The molecule has 16 heavy (non-hydrogen) atoms. The Morgan fingerprint density at radius 2 is 2.19 bits per heavy atom. The monoisotopic (exact) mass is 238 g/mol. The van der Waals surface area contributed by atoms with Crippen LogP contribution in [0.15, 0.2) is 6.20 Å². The van der Waals surface area contributed by atoms with Gasteiger partial charge in [-0.05, 0) is 31.3 Å². The van der Waals surface area contributed by atoms with Crippen LogP contribution in [0.1, 0.15) is 40.6 Å². The Bertz CT molecular complexity index is 403. The van der Waals surface area contributed by atoms with Gasteiger partial charge in [0.25, 0.3) is 0 Å². The van der Waals surface area contributed by atoms with E-state index in [9.17, 15) is 4.79 Å². The van der Waals surface area contributed by atoms with E-state index < -0.39 is 5.97 Å². The van der Waals surface area contributed by atoms with Crippen LogP contribution in [0.2, 0.25) is 0 Å². The zero-order valence-electron chi connectivity index (χ0n) is 9.14. The number of carboxylic acids is 1. The van der Waals surface area contributed by atoms with Gasteiger partial charge in [-0.3, -0.25) is 0 Å². The van der Waals surface area contributed by atoms with Crippen LogP contribution in [0.4, 0.5) is 0 Å². The van der Waals surface area contributed by atoms with E-state index in [0.29, 0.717) is 17.3 Å². The Labute approximate surface area is 98.5 Å². The van der Waals surface area contributed by atoms with E-state index in [1.54, 1.807) is 13.1 Å². The normalized spacial score (nSPS) is 17.3. The van der Waals surface area contributed by atoms with Crippen LogP contribution in [-0.2, 0) is 0 Å². The van der Waals surface area contributed by atoms with Crippen molar-refractivity contribution < 1.29 is 9.90 Å². The molecule has 1 N–H and O–H groups in total. The molecule has 0 bridgehead atoms. The van der Waals surface area contributed by atoms with Crippen molar-refractivity contribution in [2.75, 3.05) is 11.5 Å². The molecule has 1 fully saturated rings. The molecular weight excluding hydrogens is 224 g/mol. The smallest absolute Gasteiger partial charge is 0.354 e. The second-order valence-electron chi connectivity index (χ2n) is 3.95. The van der Waals surface area contributed by atoms with Crippen molar-refractivity contribution in [1.29, 1.82) is 0 Å². The fraction of sp³-hybridized carbons (Fsp3) is 0.545. The summed E-state index contributed by atoms with van der Waals surface area (Å²) in [5.41, 5.74) is 0.768. The van der Waals surface area contributed by atoms with Crippen LogP contribution in [0.3, 0.4) is 0 Å². The van der Waals surface area contributed by atoms with E-state index in [-0.39, 0.29) is 5.69 Å². The number of carboxylic acid groups (broad SMARTS) is 1. The quantitative estimate of drug-likeness (QED) is 0.854. The first-order chi connectivity index (χ1) is 7.68. The highest BCUT2D eigenvalue weighted by molar-refractivity contribution is 7.99. The molecule has 0 unspecified atom stereocenters. The van der Waals surface area contributed by atoms with Crippen molar-refractivity contribution in [3.8, 4) is 0 Å². The number of aryl methyl sites for hydroxylation is 1. The molecule has 0 aromatic carbocycles. The van der Waals surface area contributed by atoms with Gasteiger partial charge in [0.05, 0.1) is 0 Å². The molecule has 4 nitrogen and oxygen atoms in total. The SMILES string of the molecule is Cc1cnc(C2CCSCC2)nc1C(=O)O. The Hall–Kier alpha value is -1.10. The highest BCUT2D eigenvalue weighted by Gasteiger charge is 2.20.